The van der Waals surface area contributed by atoms with Gasteiger partial charge >= 0.3 is 6.18 Å². The van der Waals surface area contributed by atoms with E-state index in [2.05, 4.69) is 15.3 Å². The summed E-state index contributed by atoms with van der Waals surface area (Å²) in [6, 6.07) is 16.8. The number of para-hydroxylation sites is 1. The summed E-state index contributed by atoms with van der Waals surface area (Å²) in [7, 11) is 0. The highest BCUT2D eigenvalue weighted by atomic mass is 32.1. The largest absolute Gasteiger partial charge is 0.433 e. The molecular formula is C20H12F3N3OS. The molecule has 0 unspecified atom stereocenters. The van der Waals surface area contributed by atoms with Gasteiger partial charge in [-0.05, 0) is 48.5 Å². The van der Waals surface area contributed by atoms with Gasteiger partial charge in [0.05, 0.1) is 15.8 Å². The summed E-state index contributed by atoms with van der Waals surface area (Å²) < 4.78 is 38.7. The zero-order valence-corrected chi connectivity index (χ0v) is 15.0. The Morgan fingerprint density at radius 2 is 1.71 bits per heavy atom. The molecule has 0 aliphatic rings. The number of thiazole rings is 1. The number of carbonyl (C=O) groups excluding carboxylic acids is 1. The molecule has 2 aromatic carbocycles. The number of benzene rings is 2. The van der Waals surface area contributed by atoms with Crippen LogP contribution in [-0.2, 0) is 6.18 Å². The fraction of sp³-hybridized carbons (Fsp3) is 0.0500. The van der Waals surface area contributed by atoms with Gasteiger partial charge in [0.25, 0.3) is 5.91 Å². The number of pyridine rings is 1. The predicted molar refractivity (Wildman–Crippen MR) is 102 cm³/mol. The van der Waals surface area contributed by atoms with Crippen LogP contribution < -0.4 is 5.32 Å². The Morgan fingerprint density at radius 3 is 2.36 bits per heavy atom. The number of aromatic nitrogens is 2. The van der Waals surface area contributed by atoms with Crippen molar-refractivity contribution in [1.29, 1.82) is 0 Å². The van der Waals surface area contributed by atoms with E-state index in [4.69, 9.17) is 0 Å². The highest BCUT2D eigenvalue weighted by Crippen LogP contribution is 2.31. The lowest BCUT2D eigenvalue weighted by Gasteiger charge is -2.08. The molecule has 0 saturated heterocycles. The lowest BCUT2D eigenvalue weighted by molar-refractivity contribution is -0.141. The summed E-state index contributed by atoms with van der Waals surface area (Å²) in [5.41, 5.74) is 1.37. The number of carbonyl (C=O) groups is 1. The van der Waals surface area contributed by atoms with Gasteiger partial charge in [0.2, 0.25) is 0 Å². The summed E-state index contributed by atoms with van der Waals surface area (Å²) >= 11 is 1.57. The molecule has 0 fully saturated rings. The summed E-state index contributed by atoms with van der Waals surface area (Å²) in [6.45, 7) is 0. The topological polar surface area (TPSA) is 54.9 Å². The number of nitrogens with one attached hydrogen (secondary N) is 1. The molecule has 0 radical (unpaired) electrons. The third kappa shape index (κ3) is 3.72. The SMILES string of the molecule is O=C(Nc1ccc(-c2nc3ccccc3s2)cc1)c1ccc(C(F)(F)F)nc1. The third-order valence-electron chi connectivity index (χ3n) is 4.00. The van der Waals surface area contributed by atoms with Crippen molar-refractivity contribution in [2.45, 2.75) is 6.18 Å². The van der Waals surface area contributed by atoms with Crippen molar-refractivity contribution in [3.05, 3.63) is 78.1 Å². The second-order valence-electron chi connectivity index (χ2n) is 5.95. The quantitative estimate of drug-likeness (QED) is 0.486. The highest BCUT2D eigenvalue weighted by molar-refractivity contribution is 7.21. The molecule has 4 aromatic rings. The van der Waals surface area contributed by atoms with Crippen LogP contribution >= 0.6 is 11.3 Å². The molecule has 0 aliphatic carbocycles. The standard InChI is InChI=1S/C20H12F3N3OS/c21-20(22,23)17-10-7-13(11-24-17)18(27)25-14-8-5-12(6-9-14)19-26-15-3-1-2-4-16(15)28-19/h1-11H,(H,25,27). The number of amides is 1. The number of anilines is 1. The first kappa shape index (κ1) is 18.1. The minimum Gasteiger partial charge on any atom is -0.322 e. The van der Waals surface area contributed by atoms with E-state index in [0.29, 0.717) is 5.69 Å². The maximum Gasteiger partial charge on any atom is 0.433 e. The van der Waals surface area contributed by atoms with Crippen LogP contribution in [0.1, 0.15) is 16.1 Å². The van der Waals surface area contributed by atoms with Crippen LogP contribution in [0.4, 0.5) is 18.9 Å². The van der Waals surface area contributed by atoms with Gasteiger partial charge in [-0.3, -0.25) is 9.78 Å². The molecule has 4 nitrogen and oxygen atoms in total. The minimum absolute atomic E-state index is 0.0447. The van der Waals surface area contributed by atoms with Crippen molar-refractivity contribution in [2.24, 2.45) is 0 Å². The Balaban J connectivity index is 1.49. The average molecular weight is 399 g/mol. The van der Waals surface area contributed by atoms with Crippen LogP contribution in [0.25, 0.3) is 20.8 Å². The number of hydrogen-bond donors (Lipinski definition) is 1. The lowest BCUT2D eigenvalue weighted by Crippen LogP contribution is -2.14. The van der Waals surface area contributed by atoms with Gasteiger partial charge in [-0.15, -0.1) is 11.3 Å². The highest BCUT2D eigenvalue weighted by Gasteiger charge is 2.32. The Labute approximate surface area is 161 Å². The van der Waals surface area contributed by atoms with Crippen LogP contribution in [0.15, 0.2) is 66.9 Å². The van der Waals surface area contributed by atoms with Crippen LogP contribution in [-0.4, -0.2) is 15.9 Å². The monoisotopic (exact) mass is 399 g/mol. The minimum atomic E-state index is -4.54. The van der Waals surface area contributed by atoms with Crippen molar-refractivity contribution >= 4 is 33.1 Å². The number of alkyl halides is 3. The Hall–Kier alpha value is -3.26. The van der Waals surface area contributed by atoms with E-state index < -0.39 is 17.8 Å². The van der Waals surface area contributed by atoms with Crippen LogP contribution in [0.3, 0.4) is 0 Å². The summed E-state index contributed by atoms with van der Waals surface area (Å²) in [5.74, 6) is -0.533. The van der Waals surface area contributed by atoms with Gasteiger partial charge in [0.1, 0.15) is 10.7 Å². The number of nitrogens with zero attached hydrogens (tertiary/aromatic N) is 2. The maximum atomic E-state index is 12.5. The van der Waals surface area contributed by atoms with Gasteiger partial charge in [-0.2, -0.15) is 13.2 Å². The average Bonchev–Trinajstić information content (AvgIpc) is 3.12. The molecule has 2 heterocycles. The van der Waals surface area contributed by atoms with Crippen molar-refractivity contribution in [1.82, 2.24) is 9.97 Å². The van der Waals surface area contributed by atoms with Crippen molar-refractivity contribution < 1.29 is 18.0 Å². The summed E-state index contributed by atoms with van der Waals surface area (Å²) in [4.78, 5) is 20.1. The first-order valence-corrected chi connectivity index (χ1v) is 9.02. The zero-order valence-electron chi connectivity index (χ0n) is 14.2. The molecule has 0 aliphatic heterocycles. The number of fused-ring (bicyclic) bond motifs is 1. The van der Waals surface area contributed by atoms with Gasteiger partial charge in [-0.1, -0.05) is 12.1 Å². The Kier molecular flexibility index (Phi) is 4.56. The van der Waals surface area contributed by atoms with Gasteiger partial charge in [-0.25, -0.2) is 4.98 Å². The molecule has 2 aromatic heterocycles. The molecule has 1 N–H and O–H groups in total. The van der Waals surface area contributed by atoms with Gasteiger partial charge in [0, 0.05) is 17.4 Å². The molecule has 140 valence electrons. The normalized spacial score (nSPS) is 11.5. The van der Waals surface area contributed by atoms with Crippen molar-refractivity contribution in [3.8, 4) is 10.6 Å². The maximum absolute atomic E-state index is 12.5. The van der Waals surface area contributed by atoms with Crippen molar-refractivity contribution in [2.75, 3.05) is 5.32 Å². The van der Waals surface area contributed by atoms with E-state index in [1.165, 1.54) is 0 Å². The molecule has 8 heteroatoms. The summed E-state index contributed by atoms with van der Waals surface area (Å²) in [5, 5.41) is 3.51. The molecule has 0 bridgehead atoms. The van der Waals surface area contributed by atoms with E-state index >= 15 is 0 Å². The molecule has 0 spiro atoms. The number of rotatable bonds is 3. The van der Waals surface area contributed by atoms with E-state index in [1.807, 2.05) is 36.4 Å². The zero-order chi connectivity index (χ0) is 19.7. The third-order valence-corrected chi connectivity index (χ3v) is 5.09. The molecule has 0 saturated carbocycles. The van der Waals surface area contributed by atoms with Crippen LogP contribution in [0.5, 0.6) is 0 Å². The second kappa shape index (κ2) is 7.05. The number of halogens is 3. The second-order valence-corrected chi connectivity index (χ2v) is 6.98. The van der Waals surface area contributed by atoms with E-state index in [9.17, 15) is 18.0 Å². The molecule has 4 rings (SSSR count). The molecule has 0 atom stereocenters. The predicted octanol–water partition coefficient (Wildman–Crippen LogP) is 5.63. The smallest absolute Gasteiger partial charge is 0.322 e. The Bertz CT molecular complexity index is 1100. The Morgan fingerprint density at radius 1 is 0.964 bits per heavy atom. The first-order chi connectivity index (χ1) is 13.4. The van der Waals surface area contributed by atoms with Crippen LogP contribution in [0, 0.1) is 0 Å². The van der Waals surface area contributed by atoms with Crippen molar-refractivity contribution in [3.63, 3.8) is 0 Å². The fourth-order valence-corrected chi connectivity index (χ4v) is 3.56. The molecule has 1 amide bonds. The lowest BCUT2D eigenvalue weighted by atomic mass is 10.2. The molecular weight excluding hydrogens is 387 g/mol. The van der Waals surface area contributed by atoms with Crippen LogP contribution in [0.2, 0.25) is 0 Å². The van der Waals surface area contributed by atoms with E-state index in [-0.39, 0.29) is 5.56 Å². The summed E-state index contributed by atoms with van der Waals surface area (Å²) in [6.07, 6.45) is -3.63. The first-order valence-electron chi connectivity index (χ1n) is 8.21. The number of hydrogen-bond acceptors (Lipinski definition) is 4. The van der Waals surface area contributed by atoms with E-state index in [1.54, 1.807) is 23.5 Å². The van der Waals surface area contributed by atoms with Gasteiger partial charge in [0.15, 0.2) is 0 Å². The fourth-order valence-electron chi connectivity index (χ4n) is 2.59. The van der Waals surface area contributed by atoms with Gasteiger partial charge < -0.3 is 5.32 Å². The van der Waals surface area contributed by atoms with E-state index in [0.717, 1.165) is 39.1 Å². The molecule has 28 heavy (non-hydrogen) atoms.